The Hall–Kier alpha value is -2.25. The van der Waals surface area contributed by atoms with Gasteiger partial charge in [-0.25, -0.2) is 9.97 Å². The summed E-state index contributed by atoms with van der Waals surface area (Å²) in [5, 5.41) is 3.30. The van der Waals surface area contributed by atoms with Crippen molar-refractivity contribution in [3.8, 4) is 5.75 Å². The molecule has 4 nitrogen and oxygen atoms in total. The van der Waals surface area contributed by atoms with E-state index in [1.165, 1.54) is 6.08 Å². The molecule has 3 rings (SSSR count). The summed E-state index contributed by atoms with van der Waals surface area (Å²) in [5.41, 5.74) is 0.338. The van der Waals surface area contributed by atoms with Gasteiger partial charge in [-0.15, -0.1) is 0 Å². The van der Waals surface area contributed by atoms with Crippen LogP contribution in [-0.2, 0) is 6.42 Å². The van der Waals surface area contributed by atoms with Crippen LogP contribution in [0.15, 0.2) is 35.9 Å². The number of rotatable bonds is 4. The van der Waals surface area contributed by atoms with Gasteiger partial charge in [0.15, 0.2) is 0 Å². The van der Waals surface area contributed by atoms with E-state index in [1.807, 2.05) is 13.8 Å². The fourth-order valence-electron chi connectivity index (χ4n) is 2.57. The first-order valence-electron chi connectivity index (χ1n) is 8.38. The van der Waals surface area contributed by atoms with E-state index in [2.05, 4.69) is 15.3 Å². The molecule has 0 amide bonds. The SMILES string of the molecule is CC(C)Oc1ccc(Nc2nc(Cl)c3c(n2)CC=CC(C(F)(F)F)=C3)cc1Cl. The van der Waals surface area contributed by atoms with E-state index in [1.54, 1.807) is 18.2 Å². The number of alkyl halides is 3. The zero-order valence-electron chi connectivity index (χ0n) is 14.9. The third kappa shape index (κ3) is 4.77. The third-order valence-electron chi connectivity index (χ3n) is 3.76. The van der Waals surface area contributed by atoms with Crippen molar-refractivity contribution in [2.45, 2.75) is 32.5 Å². The van der Waals surface area contributed by atoms with Crippen molar-refractivity contribution in [1.29, 1.82) is 0 Å². The number of halogens is 5. The van der Waals surface area contributed by atoms with Gasteiger partial charge in [0.2, 0.25) is 5.95 Å². The number of nitrogens with zero attached hydrogens (tertiary/aromatic N) is 2. The molecule has 9 heteroatoms. The lowest BCUT2D eigenvalue weighted by Crippen LogP contribution is -2.09. The summed E-state index contributed by atoms with van der Waals surface area (Å²) < 4.78 is 44.7. The van der Waals surface area contributed by atoms with Crippen LogP contribution in [0.25, 0.3) is 6.08 Å². The van der Waals surface area contributed by atoms with Gasteiger partial charge in [0, 0.05) is 17.7 Å². The number of hydrogen-bond donors (Lipinski definition) is 1. The zero-order chi connectivity index (χ0) is 20.5. The summed E-state index contributed by atoms with van der Waals surface area (Å²) in [6.45, 7) is 3.78. The van der Waals surface area contributed by atoms with Crippen molar-refractivity contribution in [3.05, 3.63) is 57.4 Å². The summed E-state index contributed by atoms with van der Waals surface area (Å²) in [6, 6.07) is 5.08. The molecule has 0 saturated carbocycles. The highest BCUT2D eigenvalue weighted by Crippen LogP contribution is 2.34. The van der Waals surface area contributed by atoms with Crippen LogP contribution in [0.4, 0.5) is 24.8 Å². The molecule has 0 spiro atoms. The van der Waals surface area contributed by atoms with Gasteiger partial charge in [-0.2, -0.15) is 13.2 Å². The Morgan fingerprint density at radius 2 is 1.93 bits per heavy atom. The van der Waals surface area contributed by atoms with E-state index in [9.17, 15) is 13.2 Å². The van der Waals surface area contributed by atoms with E-state index in [4.69, 9.17) is 27.9 Å². The van der Waals surface area contributed by atoms with Gasteiger partial charge >= 0.3 is 6.18 Å². The quantitative estimate of drug-likeness (QED) is 0.573. The lowest BCUT2D eigenvalue weighted by atomic mass is 10.1. The molecule has 148 valence electrons. The zero-order valence-corrected chi connectivity index (χ0v) is 16.5. The normalized spacial score (nSPS) is 13.8. The highest BCUT2D eigenvalue weighted by atomic mass is 35.5. The second-order valence-corrected chi connectivity index (χ2v) is 7.10. The van der Waals surface area contributed by atoms with Gasteiger partial charge < -0.3 is 10.1 Å². The smallest absolute Gasteiger partial charge is 0.416 e. The van der Waals surface area contributed by atoms with Crippen LogP contribution >= 0.6 is 23.2 Å². The van der Waals surface area contributed by atoms with Gasteiger partial charge in [-0.05, 0) is 38.1 Å². The Kier molecular flexibility index (Phi) is 5.86. The molecular weight excluding hydrogens is 414 g/mol. The first-order chi connectivity index (χ1) is 13.1. The minimum Gasteiger partial charge on any atom is -0.489 e. The second-order valence-electron chi connectivity index (χ2n) is 6.34. The van der Waals surface area contributed by atoms with Crippen LogP contribution < -0.4 is 10.1 Å². The molecule has 0 bridgehead atoms. The van der Waals surface area contributed by atoms with E-state index >= 15 is 0 Å². The predicted molar refractivity (Wildman–Crippen MR) is 104 cm³/mol. The second kappa shape index (κ2) is 8.01. The highest BCUT2D eigenvalue weighted by Gasteiger charge is 2.33. The van der Waals surface area contributed by atoms with E-state index in [-0.39, 0.29) is 29.2 Å². The summed E-state index contributed by atoms with van der Waals surface area (Å²) in [6.07, 6.45) is -0.935. The summed E-state index contributed by atoms with van der Waals surface area (Å²) in [4.78, 5) is 8.37. The first kappa shape index (κ1) is 20.5. The van der Waals surface area contributed by atoms with Gasteiger partial charge in [0.25, 0.3) is 0 Å². The molecule has 0 aliphatic heterocycles. The van der Waals surface area contributed by atoms with Gasteiger partial charge in [0.1, 0.15) is 10.9 Å². The van der Waals surface area contributed by atoms with Crippen molar-refractivity contribution in [2.75, 3.05) is 5.32 Å². The lowest BCUT2D eigenvalue weighted by Gasteiger charge is -2.13. The van der Waals surface area contributed by atoms with Gasteiger partial charge in [-0.3, -0.25) is 0 Å². The van der Waals surface area contributed by atoms with Crippen LogP contribution in [0.2, 0.25) is 10.2 Å². The molecule has 2 aromatic rings. The van der Waals surface area contributed by atoms with Crippen molar-refractivity contribution >= 4 is 40.9 Å². The molecule has 28 heavy (non-hydrogen) atoms. The van der Waals surface area contributed by atoms with Crippen LogP contribution in [0.5, 0.6) is 5.75 Å². The molecule has 1 heterocycles. The van der Waals surface area contributed by atoms with Crippen molar-refractivity contribution < 1.29 is 17.9 Å². The topological polar surface area (TPSA) is 47.0 Å². The molecule has 0 radical (unpaired) electrons. The maximum Gasteiger partial charge on any atom is 0.416 e. The van der Waals surface area contributed by atoms with Crippen molar-refractivity contribution in [3.63, 3.8) is 0 Å². The summed E-state index contributed by atoms with van der Waals surface area (Å²) in [5.74, 6) is 0.702. The number of anilines is 2. The number of aromatic nitrogens is 2. The number of ether oxygens (including phenoxy) is 1. The molecule has 0 saturated heterocycles. The molecule has 1 aromatic heterocycles. The Balaban J connectivity index is 1.89. The number of nitrogens with one attached hydrogen (secondary N) is 1. The number of hydrogen-bond acceptors (Lipinski definition) is 4. The summed E-state index contributed by atoms with van der Waals surface area (Å²) in [7, 11) is 0. The Labute approximate surface area is 170 Å². The minimum atomic E-state index is -4.48. The number of fused-ring (bicyclic) bond motifs is 1. The van der Waals surface area contributed by atoms with E-state index < -0.39 is 11.7 Å². The summed E-state index contributed by atoms with van der Waals surface area (Å²) >= 11 is 12.3. The maximum atomic E-state index is 13.0. The fourth-order valence-corrected chi connectivity index (χ4v) is 3.04. The number of benzene rings is 1. The monoisotopic (exact) mass is 429 g/mol. The number of allylic oxidation sites excluding steroid dienone is 3. The molecule has 0 fully saturated rings. The molecule has 0 atom stereocenters. The fraction of sp³-hybridized carbons (Fsp3) is 0.263. The average molecular weight is 430 g/mol. The van der Waals surface area contributed by atoms with Crippen molar-refractivity contribution in [2.24, 2.45) is 0 Å². The Morgan fingerprint density at radius 1 is 1.18 bits per heavy atom. The highest BCUT2D eigenvalue weighted by molar-refractivity contribution is 6.32. The molecule has 1 N–H and O–H groups in total. The van der Waals surface area contributed by atoms with Crippen LogP contribution in [0.1, 0.15) is 25.1 Å². The first-order valence-corrected chi connectivity index (χ1v) is 9.14. The minimum absolute atomic E-state index is 0.0225. The largest absolute Gasteiger partial charge is 0.489 e. The molecule has 1 aromatic carbocycles. The van der Waals surface area contributed by atoms with E-state index in [0.29, 0.717) is 22.2 Å². The molecule has 0 unspecified atom stereocenters. The van der Waals surface area contributed by atoms with Crippen LogP contribution in [0.3, 0.4) is 0 Å². The maximum absolute atomic E-state index is 13.0. The third-order valence-corrected chi connectivity index (χ3v) is 4.35. The molecular formula is C19H16Cl2F3N3O. The van der Waals surface area contributed by atoms with Gasteiger partial charge in [-0.1, -0.05) is 35.4 Å². The lowest BCUT2D eigenvalue weighted by molar-refractivity contribution is -0.0872. The van der Waals surface area contributed by atoms with Crippen LogP contribution in [0, 0.1) is 0 Å². The predicted octanol–water partition coefficient (Wildman–Crippen LogP) is 6.37. The van der Waals surface area contributed by atoms with Crippen molar-refractivity contribution in [1.82, 2.24) is 9.97 Å². The Morgan fingerprint density at radius 3 is 2.57 bits per heavy atom. The standard InChI is InChI=1S/C19H16Cl2F3N3O/c1-10(2)28-16-7-6-12(9-14(16)20)25-18-26-15-5-3-4-11(19(22,23)24)8-13(15)17(21)27-18/h3-4,6-10H,5H2,1-2H3,(H,25,26,27). The average Bonchev–Trinajstić information content (AvgIpc) is 2.80. The Bertz CT molecular complexity index is 956. The molecule has 1 aliphatic carbocycles. The van der Waals surface area contributed by atoms with Gasteiger partial charge in [0.05, 0.1) is 22.4 Å². The molecule has 1 aliphatic rings. The van der Waals surface area contributed by atoms with Crippen LogP contribution in [-0.4, -0.2) is 22.2 Å². The van der Waals surface area contributed by atoms with E-state index in [0.717, 1.165) is 12.2 Å².